The Bertz CT molecular complexity index is 557. The third-order valence-corrected chi connectivity index (χ3v) is 3.48. The molecule has 1 unspecified atom stereocenters. The number of nitrogens with one attached hydrogen (secondary N) is 1. The van der Waals surface area contributed by atoms with Gasteiger partial charge in [-0.25, -0.2) is 8.78 Å². The van der Waals surface area contributed by atoms with E-state index >= 15 is 0 Å². The molecule has 1 aromatic carbocycles. The van der Waals surface area contributed by atoms with Crippen LogP contribution in [-0.4, -0.2) is 18.7 Å². The van der Waals surface area contributed by atoms with Gasteiger partial charge in [-0.1, -0.05) is 6.92 Å². The number of rotatable bonds is 6. The number of ether oxygens (including phenoxy) is 1. The molecule has 1 aliphatic rings. The van der Waals surface area contributed by atoms with Crippen molar-refractivity contribution in [3.8, 4) is 11.8 Å². The minimum Gasteiger partial charge on any atom is -0.484 e. The van der Waals surface area contributed by atoms with Crippen LogP contribution in [0, 0.1) is 40.5 Å². The van der Waals surface area contributed by atoms with Gasteiger partial charge in [-0.05, 0) is 25.3 Å². The molecule has 0 aromatic heterocycles. The van der Waals surface area contributed by atoms with E-state index in [4.69, 9.17) is 4.74 Å². The number of nitrogens with zero attached hydrogens (tertiary/aromatic N) is 1. The summed E-state index contributed by atoms with van der Waals surface area (Å²) in [4.78, 5) is 0. The first kappa shape index (κ1) is 15.6. The van der Waals surface area contributed by atoms with Gasteiger partial charge >= 0.3 is 0 Å². The molecule has 1 aromatic rings. The Labute approximate surface area is 119 Å². The van der Waals surface area contributed by atoms with Crippen LogP contribution in [0.5, 0.6) is 5.75 Å². The molecule has 1 fully saturated rings. The lowest BCUT2D eigenvalue weighted by Crippen LogP contribution is -2.51. The summed E-state index contributed by atoms with van der Waals surface area (Å²) in [6.45, 7) is 1.84. The number of nitriles is 1. The van der Waals surface area contributed by atoms with Crippen LogP contribution >= 0.6 is 0 Å². The number of hydrogen-bond acceptors (Lipinski definition) is 3. The molecule has 3 nitrogen and oxygen atoms in total. The smallest absolute Gasteiger partial charge is 0.203 e. The zero-order chi connectivity index (χ0) is 15.6. The molecular formula is C14H14F4N2O. The molecule has 1 atom stereocenters. The van der Waals surface area contributed by atoms with Crippen molar-refractivity contribution in [1.82, 2.24) is 5.32 Å². The number of benzene rings is 1. The van der Waals surface area contributed by atoms with Gasteiger partial charge in [0.2, 0.25) is 11.6 Å². The summed E-state index contributed by atoms with van der Waals surface area (Å²) in [5.74, 6) is -7.43. The molecule has 0 heterocycles. The van der Waals surface area contributed by atoms with E-state index in [0.717, 1.165) is 12.8 Å². The van der Waals surface area contributed by atoms with E-state index in [1.807, 2.05) is 6.07 Å². The molecule has 21 heavy (non-hydrogen) atoms. The van der Waals surface area contributed by atoms with Gasteiger partial charge in [0.05, 0.1) is 6.07 Å². The maximum Gasteiger partial charge on any atom is 0.203 e. The molecular weight excluding hydrogens is 288 g/mol. The second kappa shape index (κ2) is 5.90. The van der Waals surface area contributed by atoms with Gasteiger partial charge in [0.15, 0.2) is 17.4 Å². The van der Waals surface area contributed by atoms with Crippen molar-refractivity contribution in [2.45, 2.75) is 25.3 Å². The molecule has 0 radical (unpaired) electrons. The van der Waals surface area contributed by atoms with Gasteiger partial charge in [-0.2, -0.15) is 14.0 Å². The highest BCUT2D eigenvalue weighted by Gasteiger charge is 2.46. The fourth-order valence-corrected chi connectivity index (χ4v) is 2.23. The Kier molecular flexibility index (Phi) is 4.37. The molecule has 0 saturated heterocycles. The summed E-state index contributed by atoms with van der Waals surface area (Å²) < 4.78 is 58.1. The minimum atomic E-state index is -1.60. The largest absolute Gasteiger partial charge is 0.484 e. The zero-order valence-electron chi connectivity index (χ0n) is 11.4. The second-order valence-electron chi connectivity index (χ2n) is 4.97. The van der Waals surface area contributed by atoms with Crippen molar-refractivity contribution in [3.05, 3.63) is 29.3 Å². The maximum absolute atomic E-state index is 13.5. The van der Waals surface area contributed by atoms with Gasteiger partial charge in [-0.3, -0.25) is 5.32 Å². The average molecular weight is 302 g/mol. The molecule has 1 N–H and O–H groups in total. The van der Waals surface area contributed by atoms with E-state index in [9.17, 15) is 22.8 Å². The van der Waals surface area contributed by atoms with Gasteiger partial charge in [-0.15, -0.1) is 0 Å². The first-order valence-electron chi connectivity index (χ1n) is 6.57. The molecule has 114 valence electrons. The van der Waals surface area contributed by atoms with Crippen LogP contribution in [0.3, 0.4) is 0 Å². The van der Waals surface area contributed by atoms with E-state index in [-0.39, 0.29) is 12.0 Å². The Morgan fingerprint density at radius 2 is 1.86 bits per heavy atom. The summed E-state index contributed by atoms with van der Waals surface area (Å²) in [5.41, 5.74) is -1.11. The minimum absolute atomic E-state index is 0.00743. The van der Waals surface area contributed by atoms with Gasteiger partial charge in [0.1, 0.15) is 12.1 Å². The summed E-state index contributed by atoms with van der Waals surface area (Å²) in [6, 6.07) is 2.16. The first-order valence-corrected chi connectivity index (χ1v) is 6.57. The van der Waals surface area contributed by atoms with Gasteiger partial charge in [0, 0.05) is 6.07 Å². The predicted octanol–water partition coefficient (Wildman–Crippen LogP) is 2.90. The highest BCUT2D eigenvalue weighted by atomic mass is 19.2. The Morgan fingerprint density at radius 3 is 2.29 bits per heavy atom. The SMILES string of the molecule is CCNC(C#N)(COc1c(F)c(F)cc(F)c1F)C1CC1. The molecule has 1 aliphatic carbocycles. The van der Waals surface area contributed by atoms with Crippen molar-refractivity contribution in [2.75, 3.05) is 13.2 Å². The highest BCUT2D eigenvalue weighted by Crippen LogP contribution is 2.40. The van der Waals surface area contributed by atoms with Crippen LogP contribution < -0.4 is 10.1 Å². The molecule has 0 spiro atoms. The Hall–Kier alpha value is -1.81. The molecule has 0 bridgehead atoms. The lowest BCUT2D eigenvalue weighted by molar-refractivity contribution is 0.186. The Morgan fingerprint density at radius 1 is 1.29 bits per heavy atom. The second-order valence-corrected chi connectivity index (χ2v) is 4.97. The Balaban J connectivity index is 2.24. The summed E-state index contributed by atoms with van der Waals surface area (Å²) >= 11 is 0. The van der Waals surface area contributed by atoms with E-state index in [1.54, 1.807) is 6.92 Å². The van der Waals surface area contributed by atoms with E-state index < -0.39 is 41.2 Å². The lowest BCUT2D eigenvalue weighted by atomic mass is 9.96. The summed E-state index contributed by atoms with van der Waals surface area (Å²) in [6.07, 6.45) is 1.57. The highest BCUT2D eigenvalue weighted by molar-refractivity contribution is 5.29. The van der Waals surface area contributed by atoms with Crippen molar-refractivity contribution < 1.29 is 22.3 Å². The summed E-state index contributed by atoms with van der Waals surface area (Å²) in [7, 11) is 0. The molecule has 0 amide bonds. The van der Waals surface area contributed by atoms with Crippen LogP contribution in [0.15, 0.2) is 6.07 Å². The van der Waals surface area contributed by atoms with Crippen LogP contribution in [-0.2, 0) is 0 Å². The molecule has 7 heteroatoms. The average Bonchev–Trinajstić information content (AvgIpc) is 3.29. The molecule has 1 saturated carbocycles. The van der Waals surface area contributed by atoms with Crippen LogP contribution in [0.25, 0.3) is 0 Å². The van der Waals surface area contributed by atoms with E-state index in [0.29, 0.717) is 6.54 Å². The normalized spacial score (nSPS) is 17.1. The number of halogens is 4. The quantitative estimate of drug-likeness (QED) is 0.649. The predicted molar refractivity (Wildman–Crippen MR) is 66.5 cm³/mol. The third-order valence-electron chi connectivity index (χ3n) is 3.48. The first-order chi connectivity index (χ1) is 9.95. The van der Waals surface area contributed by atoms with Crippen molar-refractivity contribution in [2.24, 2.45) is 5.92 Å². The maximum atomic E-state index is 13.5. The van der Waals surface area contributed by atoms with Crippen molar-refractivity contribution in [3.63, 3.8) is 0 Å². The van der Waals surface area contributed by atoms with Gasteiger partial charge < -0.3 is 4.74 Å². The third kappa shape index (κ3) is 2.95. The summed E-state index contributed by atoms with van der Waals surface area (Å²) in [5, 5.41) is 12.2. The van der Waals surface area contributed by atoms with Crippen LogP contribution in [0.1, 0.15) is 19.8 Å². The lowest BCUT2D eigenvalue weighted by Gasteiger charge is -2.27. The fraction of sp³-hybridized carbons (Fsp3) is 0.500. The van der Waals surface area contributed by atoms with Crippen LogP contribution in [0.2, 0.25) is 0 Å². The topological polar surface area (TPSA) is 45.0 Å². The molecule has 2 rings (SSSR count). The number of hydrogen-bond donors (Lipinski definition) is 1. The number of likely N-dealkylation sites (N-methyl/N-ethyl adjacent to an activating group) is 1. The standard InChI is InChI=1S/C14H14F4N2O/c1-2-20-14(6-19,8-3-4-8)7-21-13-11(17)9(15)5-10(16)12(13)18/h5,8,20H,2-4,7H2,1H3. The fourth-order valence-electron chi connectivity index (χ4n) is 2.23. The van der Waals surface area contributed by atoms with E-state index in [1.165, 1.54) is 0 Å². The van der Waals surface area contributed by atoms with E-state index in [2.05, 4.69) is 5.32 Å². The van der Waals surface area contributed by atoms with Gasteiger partial charge in [0.25, 0.3) is 0 Å². The van der Waals surface area contributed by atoms with Crippen molar-refractivity contribution in [1.29, 1.82) is 5.26 Å². The zero-order valence-corrected chi connectivity index (χ0v) is 11.4. The monoisotopic (exact) mass is 302 g/mol. The van der Waals surface area contributed by atoms with Crippen molar-refractivity contribution >= 4 is 0 Å². The van der Waals surface area contributed by atoms with Crippen LogP contribution in [0.4, 0.5) is 17.6 Å². The molecule has 0 aliphatic heterocycles.